The number of carbonyl (C=O) groups excluding carboxylic acids is 2. The normalized spacial score (nSPS) is 11.2. The maximum absolute atomic E-state index is 12.6. The average molecular weight is 551 g/mol. The van der Waals surface area contributed by atoms with E-state index in [9.17, 15) is 9.59 Å². The molecule has 7 nitrogen and oxygen atoms in total. The molecule has 4 aromatic carbocycles. The van der Waals surface area contributed by atoms with Gasteiger partial charge in [-0.25, -0.2) is 10.2 Å². The number of para-hydroxylation sites is 1. The number of carbonyl (C=O) groups is 2. The Bertz CT molecular complexity index is 1490. The highest BCUT2D eigenvalue weighted by molar-refractivity contribution is 5.95. The van der Waals surface area contributed by atoms with Gasteiger partial charge in [0, 0.05) is 11.1 Å². The van der Waals surface area contributed by atoms with E-state index in [0.717, 1.165) is 16.9 Å². The van der Waals surface area contributed by atoms with Crippen LogP contribution >= 0.6 is 0 Å². The summed E-state index contributed by atoms with van der Waals surface area (Å²) in [4.78, 5) is 24.2. The fourth-order valence-electron chi connectivity index (χ4n) is 3.93. The number of methoxy groups -OCH3 is 1. The number of hydrazone groups is 1. The van der Waals surface area contributed by atoms with E-state index >= 15 is 0 Å². The van der Waals surface area contributed by atoms with Crippen molar-refractivity contribution in [3.63, 3.8) is 0 Å². The van der Waals surface area contributed by atoms with E-state index in [1.807, 2.05) is 60.7 Å². The van der Waals surface area contributed by atoms with Crippen LogP contribution in [0.2, 0.25) is 0 Å². The van der Waals surface area contributed by atoms with Gasteiger partial charge >= 0.3 is 5.97 Å². The Balaban J connectivity index is 1.28. The first-order chi connectivity index (χ1) is 19.7. The molecule has 41 heavy (non-hydrogen) atoms. The minimum absolute atomic E-state index is 0.0956. The first-order valence-electron chi connectivity index (χ1n) is 13.3. The molecule has 0 radical (unpaired) electrons. The number of ether oxygens (including phenoxy) is 3. The van der Waals surface area contributed by atoms with Gasteiger partial charge in [-0.15, -0.1) is 0 Å². The summed E-state index contributed by atoms with van der Waals surface area (Å²) < 4.78 is 16.6. The lowest BCUT2D eigenvalue weighted by Crippen LogP contribution is -2.17. The van der Waals surface area contributed by atoms with E-state index in [0.29, 0.717) is 35.7 Å². The van der Waals surface area contributed by atoms with Crippen molar-refractivity contribution in [3.8, 4) is 11.5 Å². The third-order valence-corrected chi connectivity index (χ3v) is 6.40. The van der Waals surface area contributed by atoms with Gasteiger partial charge in [0.05, 0.1) is 18.9 Å². The van der Waals surface area contributed by atoms with Crippen LogP contribution in [-0.4, -0.2) is 25.2 Å². The van der Waals surface area contributed by atoms with Crippen LogP contribution in [0.15, 0.2) is 102 Å². The number of benzene rings is 4. The Morgan fingerprint density at radius 1 is 0.756 bits per heavy atom. The van der Waals surface area contributed by atoms with E-state index < -0.39 is 0 Å². The second-order valence-electron chi connectivity index (χ2n) is 10.5. The number of hydrogen-bond acceptors (Lipinski definition) is 6. The SMILES string of the molecule is COC(=O)c1ccc(COc2ccccc2/C=N\NC(=O)c2ccc(COc3ccc(C(C)(C)C)cc3)cc2)cc1. The van der Waals surface area contributed by atoms with Gasteiger partial charge in [0.25, 0.3) is 5.91 Å². The summed E-state index contributed by atoms with van der Waals surface area (Å²) in [6.07, 6.45) is 1.54. The molecule has 0 aliphatic carbocycles. The molecule has 0 aliphatic heterocycles. The van der Waals surface area contributed by atoms with Crippen LogP contribution in [0.3, 0.4) is 0 Å². The van der Waals surface area contributed by atoms with Gasteiger partial charge in [0.1, 0.15) is 24.7 Å². The van der Waals surface area contributed by atoms with E-state index in [1.54, 1.807) is 30.5 Å². The highest BCUT2D eigenvalue weighted by Crippen LogP contribution is 2.24. The Hall–Kier alpha value is -4.91. The van der Waals surface area contributed by atoms with Crippen molar-refractivity contribution >= 4 is 18.1 Å². The van der Waals surface area contributed by atoms with Crippen LogP contribution in [0.25, 0.3) is 0 Å². The highest BCUT2D eigenvalue weighted by Gasteiger charge is 2.13. The molecule has 0 atom stereocenters. The molecule has 4 aromatic rings. The van der Waals surface area contributed by atoms with Crippen LogP contribution in [0.1, 0.15) is 63.7 Å². The largest absolute Gasteiger partial charge is 0.489 e. The van der Waals surface area contributed by atoms with Crippen LogP contribution < -0.4 is 14.9 Å². The lowest BCUT2D eigenvalue weighted by Gasteiger charge is -2.19. The summed E-state index contributed by atoms with van der Waals surface area (Å²) in [6.45, 7) is 7.24. The standard InChI is InChI=1S/C34H34N2O5/c1-34(2,3)29-17-19-30(20-18-29)40-22-24-9-13-26(14-10-24)32(37)36-35-21-28-7-5-6-8-31(28)41-23-25-11-15-27(16-12-25)33(38)39-4/h5-21H,22-23H2,1-4H3,(H,36,37)/b35-21-. The fourth-order valence-corrected chi connectivity index (χ4v) is 3.93. The molecular weight excluding hydrogens is 516 g/mol. The second-order valence-corrected chi connectivity index (χ2v) is 10.5. The Morgan fingerprint density at radius 3 is 1.95 bits per heavy atom. The molecular formula is C34H34N2O5. The number of esters is 1. The van der Waals surface area contributed by atoms with Crippen LogP contribution in [0.4, 0.5) is 0 Å². The lowest BCUT2D eigenvalue weighted by molar-refractivity contribution is 0.0600. The fraction of sp³-hybridized carbons (Fsp3) is 0.206. The quantitative estimate of drug-likeness (QED) is 0.135. The van der Waals surface area contributed by atoms with Crippen molar-refractivity contribution in [2.24, 2.45) is 5.10 Å². The smallest absolute Gasteiger partial charge is 0.337 e. The maximum Gasteiger partial charge on any atom is 0.337 e. The molecule has 7 heteroatoms. The monoisotopic (exact) mass is 550 g/mol. The van der Waals surface area contributed by atoms with Crippen LogP contribution in [0, 0.1) is 0 Å². The first-order valence-corrected chi connectivity index (χ1v) is 13.3. The maximum atomic E-state index is 12.6. The summed E-state index contributed by atoms with van der Waals surface area (Å²) in [5, 5.41) is 4.12. The van der Waals surface area contributed by atoms with Crippen molar-refractivity contribution in [1.29, 1.82) is 0 Å². The van der Waals surface area contributed by atoms with Gasteiger partial charge in [0.2, 0.25) is 0 Å². The van der Waals surface area contributed by atoms with Crippen molar-refractivity contribution < 1.29 is 23.8 Å². The van der Waals surface area contributed by atoms with Crippen molar-refractivity contribution in [3.05, 3.63) is 130 Å². The molecule has 0 bridgehead atoms. The topological polar surface area (TPSA) is 86.2 Å². The molecule has 0 saturated carbocycles. The number of rotatable bonds is 10. The molecule has 1 N–H and O–H groups in total. The molecule has 1 amide bonds. The number of nitrogens with one attached hydrogen (secondary N) is 1. The molecule has 0 heterocycles. The zero-order chi connectivity index (χ0) is 29.2. The van der Waals surface area contributed by atoms with Crippen molar-refractivity contribution in [2.75, 3.05) is 7.11 Å². The summed E-state index contributed by atoms with van der Waals surface area (Å²) in [5.74, 6) is 0.703. The molecule has 0 saturated heterocycles. The third kappa shape index (κ3) is 8.29. The average Bonchev–Trinajstić information content (AvgIpc) is 2.99. The Labute approximate surface area is 240 Å². The summed E-state index contributed by atoms with van der Waals surface area (Å²) in [7, 11) is 1.35. The zero-order valence-electron chi connectivity index (χ0n) is 23.7. The predicted molar refractivity (Wildman–Crippen MR) is 160 cm³/mol. The molecule has 0 unspecified atom stereocenters. The lowest BCUT2D eigenvalue weighted by atomic mass is 9.87. The summed E-state index contributed by atoms with van der Waals surface area (Å²) >= 11 is 0. The molecule has 210 valence electrons. The molecule has 4 rings (SSSR count). The van der Waals surface area contributed by atoms with E-state index in [1.165, 1.54) is 12.7 Å². The van der Waals surface area contributed by atoms with E-state index in [2.05, 4.69) is 43.4 Å². The number of amides is 1. The highest BCUT2D eigenvalue weighted by atomic mass is 16.5. The zero-order valence-corrected chi connectivity index (χ0v) is 23.7. The molecule has 0 fully saturated rings. The van der Waals surface area contributed by atoms with Crippen LogP contribution in [0.5, 0.6) is 11.5 Å². The van der Waals surface area contributed by atoms with Gasteiger partial charge in [-0.2, -0.15) is 5.10 Å². The minimum Gasteiger partial charge on any atom is -0.489 e. The Morgan fingerprint density at radius 2 is 1.34 bits per heavy atom. The summed E-state index contributed by atoms with van der Waals surface area (Å²) in [6, 6.07) is 29.7. The molecule has 0 aliphatic rings. The Kier molecular flexibility index (Phi) is 9.53. The van der Waals surface area contributed by atoms with Gasteiger partial charge in [-0.3, -0.25) is 4.79 Å². The second kappa shape index (κ2) is 13.4. The van der Waals surface area contributed by atoms with E-state index in [-0.39, 0.29) is 17.3 Å². The van der Waals surface area contributed by atoms with Gasteiger partial charge in [-0.05, 0) is 70.6 Å². The third-order valence-electron chi connectivity index (χ3n) is 6.40. The summed E-state index contributed by atoms with van der Waals surface area (Å²) in [5.41, 5.74) is 7.43. The first kappa shape index (κ1) is 29.1. The van der Waals surface area contributed by atoms with E-state index in [4.69, 9.17) is 14.2 Å². The number of hydrogen-bond donors (Lipinski definition) is 1. The van der Waals surface area contributed by atoms with Crippen molar-refractivity contribution in [1.82, 2.24) is 5.43 Å². The van der Waals surface area contributed by atoms with Gasteiger partial charge in [-0.1, -0.05) is 69.3 Å². The minimum atomic E-state index is -0.385. The van der Waals surface area contributed by atoms with Crippen molar-refractivity contribution in [2.45, 2.75) is 39.4 Å². The predicted octanol–water partition coefficient (Wildman–Crippen LogP) is 6.69. The van der Waals surface area contributed by atoms with Gasteiger partial charge < -0.3 is 14.2 Å². The van der Waals surface area contributed by atoms with Gasteiger partial charge in [0.15, 0.2) is 0 Å². The number of nitrogens with zero attached hydrogens (tertiary/aromatic N) is 1. The van der Waals surface area contributed by atoms with Crippen LogP contribution in [-0.2, 0) is 23.4 Å². The molecule has 0 spiro atoms. The molecule has 0 aromatic heterocycles.